The Kier molecular flexibility index (Phi) is 5.88. The topological polar surface area (TPSA) is 20.3 Å². The summed E-state index contributed by atoms with van der Waals surface area (Å²) >= 11 is 0.873. The summed E-state index contributed by atoms with van der Waals surface area (Å²) in [4.78, 5) is 13.1. The number of nitrogens with zero attached hydrogens (tertiary/aromatic N) is 1. The van der Waals surface area contributed by atoms with Crippen molar-refractivity contribution in [3.8, 4) is 0 Å². The maximum Gasteiger partial charge on any atom is 0.413 e. The molecule has 2 aromatic rings. The van der Waals surface area contributed by atoms with Crippen LogP contribution in [-0.2, 0) is 4.79 Å². The first-order chi connectivity index (χ1) is 11.3. The van der Waals surface area contributed by atoms with Gasteiger partial charge in [0.15, 0.2) is 6.04 Å². The molecule has 2 aromatic carbocycles. The van der Waals surface area contributed by atoms with E-state index in [0.717, 1.165) is 18.8 Å². The largest absolute Gasteiger partial charge is 0.413 e. The molecule has 7 heteroatoms. The van der Waals surface area contributed by atoms with Crippen LogP contribution in [0.3, 0.4) is 0 Å². The zero-order chi connectivity index (χ0) is 17.7. The van der Waals surface area contributed by atoms with Crippen molar-refractivity contribution >= 4 is 17.7 Å². The second kappa shape index (κ2) is 7.70. The lowest BCUT2D eigenvalue weighted by atomic mass is 10.1. The number of amides is 1. The van der Waals surface area contributed by atoms with Crippen molar-refractivity contribution in [2.75, 3.05) is 12.8 Å². The fourth-order valence-corrected chi connectivity index (χ4v) is 3.08. The third-order valence-electron chi connectivity index (χ3n) is 3.39. The molecule has 0 heterocycles. The van der Waals surface area contributed by atoms with E-state index in [1.807, 2.05) is 0 Å². The molecule has 2 rings (SSSR count). The van der Waals surface area contributed by atoms with Crippen LogP contribution < -0.4 is 0 Å². The molecule has 0 aliphatic heterocycles. The molecule has 2 nitrogen and oxygen atoms in total. The first-order valence-electron chi connectivity index (χ1n) is 7.05. The minimum Gasteiger partial charge on any atom is -0.329 e. The van der Waals surface area contributed by atoms with Crippen LogP contribution in [0.15, 0.2) is 59.5 Å². The van der Waals surface area contributed by atoms with Crippen LogP contribution in [-0.4, -0.2) is 29.8 Å². The summed E-state index contributed by atoms with van der Waals surface area (Å²) in [5.41, 5.74) is -0.0169. The molecule has 0 radical (unpaired) electrons. The lowest BCUT2D eigenvalue weighted by molar-refractivity contribution is -0.187. The van der Waals surface area contributed by atoms with E-state index in [-0.39, 0.29) is 16.2 Å². The zero-order valence-electron chi connectivity index (χ0n) is 12.8. The van der Waals surface area contributed by atoms with Gasteiger partial charge in [-0.25, -0.2) is 4.39 Å². The van der Waals surface area contributed by atoms with Gasteiger partial charge in [-0.2, -0.15) is 13.2 Å². The van der Waals surface area contributed by atoms with Crippen molar-refractivity contribution in [3.63, 3.8) is 0 Å². The third-order valence-corrected chi connectivity index (χ3v) is 4.43. The number of hydrogen-bond acceptors (Lipinski definition) is 2. The molecule has 128 valence electrons. The third kappa shape index (κ3) is 4.50. The zero-order valence-corrected chi connectivity index (χ0v) is 13.6. The molecular weight excluding hydrogens is 342 g/mol. The molecule has 0 N–H and O–H groups in total. The van der Waals surface area contributed by atoms with Crippen LogP contribution in [0.4, 0.5) is 17.6 Å². The molecule has 0 bridgehead atoms. The summed E-state index contributed by atoms with van der Waals surface area (Å²) in [6, 6.07) is 11.0. The molecule has 24 heavy (non-hydrogen) atoms. The van der Waals surface area contributed by atoms with Crippen LogP contribution >= 0.6 is 11.8 Å². The van der Waals surface area contributed by atoms with Gasteiger partial charge in [0.25, 0.3) is 0 Å². The molecule has 1 amide bonds. The van der Waals surface area contributed by atoms with Crippen molar-refractivity contribution < 1.29 is 22.4 Å². The Hall–Kier alpha value is -2.02. The highest BCUT2D eigenvalue weighted by Crippen LogP contribution is 2.37. The smallest absolute Gasteiger partial charge is 0.329 e. The van der Waals surface area contributed by atoms with Crippen molar-refractivity contribution in [1.29, 1.82) is 0 Å². The number of carbonyl (C=O) groups is 1. The van der Waals surface area contributed by atoms with Gasteiger partial charge in [-0.1, -0.05) is 42.5 Å². The van der Waals surface area contributed by atoms with E-state index in [9.17, 15) is 22.4 Å². The molecule has 0 saturated carbocycles. The highest BCUT2D eigenvalue weighted by molar-refractivity contribution is 8.00. The average Bonchev–Trinajstić information content (AvgIpc) is 2.53. The predicted octanol–water partition coefficient (Wildman–Crippen LogP) is 4.68. The molecule has 1 atom stereocenters. The molecule has 0 aliphatic carbocycles. The standard InChI is InChI=1S/C17H15F4NOS/c1-22(15(23)11-24-14-10-6-5-9-13(14)18)16(17(19,20)21)12-7-3-2-4-8-12/h2-10,16H,11H2,1H3. The molecular formula is C17H15F4NOS. The second-order valence-electron chi connectivity index (χ2n) is 5.08. The number of halogens is 4. The van der Waals surface area contributed by atoms with Crippen molar-refractivity contribution in [2.24, 2.45) is 0 Å². The van der Waals surface area contributed by atoms with E-state index in [0.29, 0.717) is 4.90 Å². The minimum absolute atomic E-state index is 0.0169. The van der Waals surface area contributed by atoms with E-state index >= 15 is 0 Å². The van der Waals surface area contributed by atoms with Gasteiger partial charge in [-0.05, 0) is 17.7 Å². The summed E-state index contributed by atoms with van der Waals surface area (Å²) in [5, 5.41) is 0. The van der Waals surface area contributed by atoms with Crippen LogP contribution in [0, 0.1) is 5.82 Å². The molecule has 0 spiro atoms. The van der Waals surface area contributed by atoms with Crippen molar-refractivity contribution in [2.45, 2.75) is 17.1 Å². The Bertz CT molecular complexity index is 690. The molecule has 0 fully saturated rings. The van der Waals surface area contributed by atoms with E-state index in [1.165, 1.54) is 42.5 Å². The summed E-state index contributed by atoms with van der Waals surface area (Å²) in [7, 11) is 1.11. The maximum atomic E-state index is 13.5. The van der Waals surface area contributed by atoms with E-state index in [2.05, 4.69) is 0 Å². The monoisotopic (exact) mass is 357 g/mol. The lowest BCUT2D eigenvalue weighted by Gasteiger charge is -2.30. The fourth-order valence-electron chi connectivity index (χ4n) is 2.21. The van der Waals surface area contributed by atoms with Gasteiger partial charge in [-0.3, -0.25) is 4.79 Å². The first kappa shape index (κ1) is 18.3. The number of rotatable bonds is 5. The molecule has 0 aromatic heterocycles. The Morgan fingerprint density at radius 1 is 1.08 bits per heavy atom. The Balaban J connectivity index is 2.13. The molecule has 1 unspecified atom stereocenters. The fraction of sp³-hybridized carbons (Fsp3) is 0.235. The van der Waals surface area contributed by atoms with Crippen LogP contribution in [0.25, 0.3) is 0 Å². The van der Waals surface area contributed by atoms with Crippen LogP contribution in [0.5, 0.6) is 0 Å². The minimum atomic E-state index is -4.60. The van der Waals surface area contributed by atoms with Gasteiger partial charge in [0.1, 0.15) is 5.82 Å². The molecule has 0 aliphatic rings. The lowest BCUT2D eigenvalue weighted by Crippen LogP contribution is -2.40. The van der Waals surface area contributed by atoms with Gasteiger partial charge in [-0.15, -0.1) is 11.8 Å². The van der Waals surface area contributed by atoms with Gasteiger partial charge in [0.2, 0.25) is 5.91 Å². The maximum absolute atomic E-state index is 13.5. The Morgan fingerprint density at radius 2 is 1.67 bits per heavy atom. The quantitative estimate of drug-likeness (QED) is 0.572. The van der Waals surface area contributed by atoms with Gasteiger partial charge >= 0.3 is 6.18 Å². The normalized spacial score (nSPS) is 12.7. The van der Waals surface area contributed by atoms with E-state index < -0.39 is 23.9 Å². The first-order valence-corrected chi connectivity index (χ1v) is 8.04. The number of alkyl halides is 3. The van der Waals surface area contributed by atoms with Crippen LogP contribution in [0.1, 0.15) is 11.6 Å². The number of carbonyl (C=O) groups excluding carboxylic acids is 1. The van der Waals surface area contributed by atoms with E-state index in [4.69, 9.17) is 0 Å². The number of benzene rings is 2. The summed E-state index contributed by atoms with van der Waals surface area (Å²) in [6.45, 7) is 0. The van der Waals surface area contributed by atoms with Gasteiger partial charge in [0.05, 0.1) is 5.75 Å². The predicted molar refractivity (Wildman–Crippen MR) is 85.1 cm³/mol. The van der Waals surface area contributed by atoms with Gasteiger partial charge < -0.3 is 4.90 Å². The van der Waals surface area contributed by atoms with Crippen molar-refractivity contribution in [3.05, 3.63) is 66.0 Å². The second-order valence-corrected chi connectivity index (χ2v) is 6.10. The summed E-state index contributed by atoms with van der Waals surface area (Å²) in [6.07, 6.45) is -4.60. The highest BCUT2D eigenvalue weighted by Gasteiger charge is 2.45. The molecule has 0 saturated heterocycles. The van der Waals surface area contributed by atoms with Crippen LogP contribution in [0.2, 0.25) is 0 Å². The van der Waals surface area contributed by atoms with Gasteiger partial charge in [0, 0.05) is 11.9 Å². The Labute approximate surface area is 141 Å². The Morgan fingerprint density at radius 3 is 2.25 bits per heavy atom. The van der Waals surface area contributed by atoms with E-state index in [1.54, 1.807) is 12.1 Å². The summed E-state index contributed by atoms with van der Waals surface area (Å²) in [5.74, 6) is -1.51. The number of thioether (sulfide) groups is 1. The summed E-state index contributed by atoms with van der Waals surface area (Å²) < 4.78 is 53.7. The highest BCUT2D eigenvalue weighted by atomic mass is 32.2. The van der Waals surface area contributed by atoms with Crippen molar-refractivity contribution in [1.82, 2.24) is 4.90 Å². The SMILES string of the molecule is CN(C(=O)CSc1ccccc1F)C(c1ccccc1)C(F)(F)F. The average molecular weight is 357 g/mol. The number of hydrogen-bond donors (Lipinski definition) is 0.